The van der Waals surface area contributed by atoms with Gasteiger partial charge in [0.05, 0.1) is 13.0 Å². The van der Waals surface area contributed by atoms with Gasteiger partial charge in [0.25, 0.3) is 0 Å². The molecule has 0 amide bonds. The first-order chi connectivity index (χ1) is 7.20. The Morgan fingerprint density at radius 1 is 1.27 bits per heavy atom. The fourth-order valence-corrected chi connectivity index (χ4v) is 1.47. The van der Waals surface area contributed by atoms with Crippen LogP contribution in [0.3, 0.4) is 0 Å². The Labute approximate surface area is 97.6 Å². The fourth-order valence-electron chi connectivity index (χ4n) is 1.25. The zero-order chi connectivity index (χ0) is 11.5. The van der Waals surface area contributed by atoms with Gasteiger partial charge in [-0.2, -0.15) is 0 Å². The van der Waals surface area contributed by atoms with Gasteiger partial charge in [0.15, 0.2) is 0 Å². The van der Waals surface area contributed by atoms with Crippen molar-refractivity contribution in [2.75, 3.05) is 6.61 Å². The van der Waals surface area contributed by atoms with Gasteiger partial charge in [0, 0.05) is 5.03 Å². The Morgan fingerprint density at radius 2 is 2.00 bits per heavy atom. The highest BCUT2D eigenvalue weighted by molar-refractivity contribution is 6.30. The molecule has 0 saturated heterocycles. The van der Waals surface area contributed by atoms with Crippen LogP contribution in [0.15, 0.2) is 11.1 Å². The predicted molar refractivity (Wildman–Crippen MR) is 63.9 cm³/mol. The molecule has 0 aliphatic carbocycles. The number of esters is 1. The fraction of sp³-hybridized carbons (Fsp3) is 0.750. The number of ether oxygens (including phenoxy) is 1. The third kappa shape index (κ3) is 9.80. The smallest absolute Gasteiger partial charge is 0.311 e. The van der Waals surface area contributed by atoms with Crippen LogP contribution in [0.1, 0.15) is 52.4 Å². The molecule has 0 N–H and O–H groups in total. The Bertz CT molecular complexity index is 200. The van der Waals surface area contributed by atoms with E-state index in [2.05, 4.69) is 6.92 Å². The molecule has 0 aliphatic rings. The van der Waals surface area contributed by atoms with Gasteiger partial charge >= 0.3 is 5.97 Å². The third-order valence-electron chi connectivity index (χ3n) is 2.04. The van der Waals surface area contributed by atoms with Crippen molar-refractivity contribution in [1.29, 1.82) is 0 Å². The van der Waals surface area contributed by atoms with Gasteiger partial charge in [-0.25, -0.2) is 0 Å². The second-order valence-corrected chi connectivity index (χ2v) is 3.97. The van der Waals surface area contributed by atoms with Crippen molar-refractivity contribution in [3.05, 3.63) is 11.1 Å². The molecule has 0 heterocycles. The number of hydrogen-bond acceptors (Lipinski definition) is 2. The number of halogens is 1. The first-order valence-electron chi connectivity index (χ1n) is 5.70. The van der Waals surface area contributed by atoms with Crippen LogP contribution in [-0.4, -0.2) is 12.6 Å². The average Bonchev–Trinajstić information content (AvgIpc) is 2.17. The van der Waals surface area contributed by atoms with E-state index in [1.54, 1.807) is 6.92 Å². The predicted octanol–water partition coefficient (Wildman–Crippen LogP) is 4.03. The topological polar surface area (TPSA) is 26.3 Å². The molecule has 0 rings (SSSR count). The third-order valence-corrected chi connectivity index (χ3v) is 2.33. The molecule has 0 radical (unpaired) electrons. The van der Waals surface area contributed by atoms with Gasteiger partial charge in [-0.1, -0.05) is 43.9 Å². The van der Waals surface area contributed by atoms with E-state index in [1.165, 1.54) is 19.3 Å². The number of rotatable bonds is 8. The van der Waals surface area contributed by atoms with Crippen molar-refractivity contribution in [1.82, 2.24) is 0 Å². The van der Waals surface area contributed by atoms with Crippen LogP contribution in [0, 0.1) is 0 Å². The van der Waals surface area contributed by atoms with Gasteiger partial charge < -0.3 is 4.74 Å². The monoisotopic (exact) mass is 232 g/mol. The molecule has 0 bridgehead atoms. The summed E-state index contributed by atoms with van der Waals surface area (Å²) in [5.74, 6) is -0.243. The molecule has 0 aromatic heterocycles. The van der Waals surface area contributed by atoms with E-state index < -0.39 is 0 Å². The van der Waals surface area contributed by atoms with E-state index in [0.717, 1.165) is 12.8 Å². The maximum atomic E-state index is 11.0. The zero-order valence-corrected chi connectivity index (χ0v) is 10.5. The molecule has 0 aromatic carbocycles. The molecule has 0 atom stereocenters. The molecule has 0 saturated carbocycles. The molecule has 0 unspecified atom stereocenters. The molecule has 15 heavy (non-hydrogen) atoms. The minimum absolute atomic E-state index is 0.211. The lowest BCUT2D eigenvalue weighted by Crippen LogP contribution is -2.03. The Morgan fingerprint density at radius 3 is 2.60 bits per heavy atom. The summed E-state index contributed by atoms with van der Waals surface area (Å²) in [6.45, 7) is 4.39. The normalized spacial score (nSPS) is 11.5. The lowest BCUT2D eigenvalue weighted by Gasteiger charge is -2.00. The van der Waals surface area contributed by atoms with Crippen molar-refractivity contribution < 1.29 is 9.53 Å². The van der Waals surface area contributed by atoms with Gasteiger partial charge in [-0.3, -0.25) is 4.79 Å². The van der Waals surface area contributed by atoms with Crippen LogP contribution >= 0.6 is 11.6 Å². The molecule has 0 aliphatic heterocycles. The van der Waals surface area contributed by atoms with Crippen molar-refractivity contribution in [2.24, 2.45) is 0 Å². The van der Waals surface area contributed by atoms with Crippen molar-refractivity contribution in [3.8, 4) is 0 Å². The molecule has 88 valence electrons. The molecular weight excluding hydrogens is 212 g/mol. The highest BCUT2D eigenvalue weighted by Gasteiger charge is 2.03. The maximum absolute atomic E-state index is 11.0. The lowest BCUT2D eigenvalue weighted by molar-refractivity contribution is -0.142. The number of allylic oxidation sites excluding steroid dienone is 1. The summed E-state index contributed by atoms with van der Waals surface area (Å²) in [5, 5.41) is 0.602. The van der Waals surface area contributed by atoms with Crippen LogP contribution in [0.2, 0.25) is 0 Å². The standard InChI is InChI=1S/C12H21ClO2/c1-3-5-6-7-8-9-11(13)10-12(14)15-4-2/h9H,3-8,10H2,1-2H3/b11-9+. The van der Waals surface area contributed by atoms with E-state index in [-0.39, 0.29) is 12.4 Å². The minimum Gasteiger partial charge on any atom is -0.466 e. The van der Waals surface area contributed by atoms with Crippen LogP contribution in [0.4, 0.5) is 0 Å². The Hall–Kier alpha value is -0.500. The van der Waals surface area contributed by atoms with Crippen LogP contribution in [-0.2, 0) is 9.53 Å². The first-order valence-corrected chi connectivity index (χ1v) is 6.08. The van der Waals surface area contributed by atoms with Crippen molar-refractivity contribution >= 4 is 17.6 Å². The summed E-state index contributed by atoms with van der Waals surface area (Å²) in [5.41, 5.74) is 0. The Balaban J connectivity index is 3.55. The molecule has 0 spiro atoms. The van der Waals surface area contributed by atoms with Crippen molar-refractivity contribution in [3.63, 3.8) is 0 Å². The van der Waals surface area contributed by atoms with Gasteiger partial charge in [0.1, 0.15) is 0 Å². The number of hydrogen-bond donors (Lipinski definition) is 0. The molecular formula is C12H21ClO2. The Kier molecular flexibility index (Phi) is 9.70. The summed E-state index contributed by atoms with van der Waals surface area (Å²) >= 11 is 5.88. The molecule has 0 fully saturated rings. The highest BCUT2D eigenvalue weighted by atomic mass is 35.5. The summed E-state index contributed by atoms with van der Waals surface area (Å²) in [6, 6.07) is 0. The summed E-state index contributed by atoms with van der Waals surface area (Å²) in [7, 11) is 0. The van der Waals surface area contributed by atoms with Crippen LogP contribution < -0.4 is 0 Å². The molecule has 2 nitrogen and oxygen atoms in total. The maximum Gasteiger partial charge on any atom is 0.311 e. The van der Waals surface area contributed by atoms with E-state index >= 15 is 0 Å². The second kappa shape index (κ2) is 10.0. The van der Waals surface area contributed by atoms with Crippen molar-refractivity contribution in [2.45, 2.75) is 52.4 Å². The number of carbonyl (C=O) groups excluding carboxylic acids is 1. The quantitative estimate of drug-likeness (QED) is 0.467. The van der Waals surface area contributed by atoms with Crippen LogP contribution in [0.5, 0.6) is 0 Å². The number of unbranched alkanes of at least 4 members (excludes halogenated alkanes) is 4. The van der Waals surface area contributed by atoms with Gasteiger partial charge in [0.2, 0.25) is 0 Å². The summed E-state index contributed by atoms with van der Waals surface area (Å²) < 4.78 is 4.79. The molecule has 3 heteroatoms. The number of carbonyl (C=O) groups is 1. The van der Waals surface area contributed by atoms with Crippen LogP contribution in [0.25, 0.3) is 0 Å². The van der Waals surface area contributed by atoms with E-state index in [9.17, 15) is 4.79 Å². The molecule has 0 aromatic rings. The van der Waals surface area contributed by atoms with E-state index in [1.807, 2.05) is 6.08 Å². The van der Waals surface area contributed by atoms with Gasteiger partial charge in [-0.05, 0) is 19.8 Å². The van der Waals surface area contributed by atoms with Gasteiger partial charge in [-0.15, -0.1) is 0 Å². The second-order valence-electron chi connectivity index (χ2n) is 3.48. The largest absolute Gasteiger partial charge is 0.466 e. The van der Waals surface area contributed by atoms with E-state index in [4.69, 9.17) is 16.3 Å². The minimum atomic E-state index is -0.243. The first kappa shape index (κ1) is 14.5. The summed E-state index contributed by atoms with van der Waals surface area (Å²) in [6.07, 6.45) is 7.97. The van der Waals surface area contributed by atoms with E-state index in [0.29, 0.717) is 11.6 Å². The summed E-state index contributed by atoms with van der Waals surface area (Å²) in [4.78, 5) is 11.0. The highest BCUT2D eigenvalue weighted by Crippen LogP contribution is 2.12. The lowest BCUT2D eigenvalue weighted by atomic mass is 10.1. The SMILES string of the molecule is CCCCCC/C=C(/Cl)CC(=O)OCC. The average molecular weight is 233 g/mol. The zero-order valence-electron chi connectivity index (χ0n) is 9.72.